The molecule has 2 aromatic rings. The van der Waals surface area contributed by atoms with Gasteiger partial charge in [-0.2, -0.15) is 0 Å². The Balaban J connectivity index is 1.72. The first-order valence-corrected chi connectivity index (χ1v) is 9.07. The lowest BCUT2D eigenvalue weighted by Gasteiger charge is -2.52. The minimum atomic E-state index is -0.322. The van der Waals surface area contributed by atoms with Gasteiger partial charge in [-0.1, -0.05) is 35.9 Å². The predicted molar refractivity (Wildman–Crippen MR) is 101 cm³/mol. The van der Waals surface area contributed by atoms with Crippen LogP contribution in [0.3, 0.4) is 0 Å². The Kier molecular flexibility index (Phi) is 4.18. The third-order valence-corrected chi connectivity index (χ3v) is 5.61. The molecule has 5 heteroatoms. The molecule has 1 spiro atoms. The van der Waals surface area contributed by atoms with Crippen molar-refractivity contribution in [3.8, 4) is 0 Å². The van der Waals surface area contributed by atoms with Gasteiger partial charge in [-0.05, 0) is 36.9 Å². The summed E-state index contributed by atoms with van der Waals surface area (Å²) in [6, 6.07) is 15.6. The van der Waals surface area contributed by atoms with Gasteiger partial charge in [0.05, 0.1) is 5.56 Å². The number of carbonyl (C=O) groups is 1. The summed E-state index contributed by atoms with van der Waals surface area (Å²) in [4.78, 5) is 17.6. The molecule has 2 aliphatic heterocycles. The third kappa shape index (κ3) is 3.00. The zero-order valence-electron chi connectivity index (χ0n) is 14.3. The molecular formula is C20H22ClN3O. The van der Waals surface area contributed by atoms with Gasteiger partial charge in [0.2, 0.25) is 0 Å². The number of hydrogen-bond acceptors (Lipinski definition) is 3. The normalized spacial score (nSPS) is 19.6. The van der Waals surface area contributed by atoms with Crippen molar-refractivity contribution in [1.29, 1.82) is 0 Å². The van der Waals surface area contributed by atoms with E-state index in [9.17, 15) is 4.79 Å². The van der Waals surface area contributed by atoms with E-state index in [0.717, 1.165) is 42.7 Å². The molecule has 0 unspecified atom stereocenters. The number of hydrogen-bond donors (Lipinski definition) is 1. The molecule has 0 aliphatic carbocycles. The number of nitrogens with zero attached hydrogens (tertiary/aromatic N) is 2. The van der Waals surface area contributed by atoms with Gasteiger partial charge in [0.1, 0.15) is 5.66 Å². The summed E-state index contributed by atoms with van der Waals surface area (Å²) >= 11 is 6.01. The van der Waals surface area contributed by atoms with Gasteiger partial charge in [0.25, 0.3) is 5.91 Å². The zero-order valence-corrected chi connectivity index (χ0v) is 15.1. The molecule has 0 aromatic heterocycles. The van der Waals surface area contributed by atoms with Gasteiger partial charge in [-0.15, -0.1) is 0 Å². The number of piperidine rings is 1. The van der Waals surface area contributed by atoms with E-state index in [-0.39, 0.29) is 11.6 Å². The lowest BCUT2D eigenvalue weighted by Crippen LogP contribution is -2.63. The van der Waals surface area contributed by atoms with E-state index in [1.54, 1.807) is 0 Å². The Morgan fingerprint density at radius 1 is 1.08 bits per heavy atom. The average molecular weight is 356 g/mol. The number of para-hydroxylation sites is 1. The Labute approximate surface area is 153 Å². The van der Waals surface area contributed by atoms with Crippen molar-refractivity contribution < 1.29 is 4.79 Å². The second kappa shape index (κ2) is 6.36. The molecule has 0 bridgehead atoms. The van der Waals surface area contributed by atoms with Crippen LogP contribution in [0.1, 0.15) is 28.8 Å². The van der Waals surface area contributed by atoms with Crippen LogP contribution in [0, 0.1) is 0 Å². The summed E-state index contributed by atoms with van der Waals surface area (Å²) in [6.45, 7) is 2.53. The van der Waals surface area contributed by atoms with E-state index >= 15 is 0 Å². The molecule has 1 amide bonds. The summed E-state index contributed by atoms with van der Waals surface area (Å²) in [5, 5.41) is 4.41. The van der Waals surface area contributed by atoms with E-state index in [2.05, 4.69) is 17.3 Å². The molecule has 4 nitrogen and oxygen atoms in total. The van der Waals surface area contributed by atoms with Gasteiger partial charge in [0, 0.05) is 43.2 Å². The Morgan fingerprint density at radius 2 is 1.76 bits per heavy atom. The third-order valence-electron chi connectivity index (χ3n) is 5.35. The van der Waals surface area contributed by atoms with E-state index in [4.69, 9.17) is 11.6 Å². The highest BCUT2D eigenvalue weighted by atomic mass is 35.5. The van der Waals surface area contributed by atoms with Crippen molar-refractivity contribution in [2.24, 2.45) is 0 Å². The first kappa shape index (κ1) is 16.4. The molecule has 1 saturated heterocycles. The van der Waals surface area contributed by atoms with Crippen molar-refractivity contribution in [1.82, 2.24) is 9.80 Å². The van der Waals surface area contributed by atoms with Crippen LogP contribution >= 0.6 is 11.6 Å². The number of amides is 1. The van der Waals surface area contributed by atoms with Crippen LogP contribution in [-0.2, 0) is 6.54 Å². The van der Waals surface area contributed by atoms with E-state index in [1.165, 1.54) is 0 Å². The fourth-order valence-corrected chi connectivity index (χ4v) is 3.94. The molecule has 4 rings (SSSR count). The van der Waals surface area contributed by atoms with Crippen molar-refractivity contribution in [3.05, 3.63) is 64.7 Å². The average Bonchev–Trinajstić information content (AvgIpc) is 2.63. The molecule has 2 aromatic carbocycles. The number of nitrogens with one attached hydrogen (secondary N) is 1. The number of halogens is 1. The zero-order chi connectivity index (χ0) is 17.4. The maximum Gasteiger partial charge on any atom is 0.258 e. The number of benzene rings is 2. The van der Waals surface area contributed by atoms with Crippen molar-refractivity contribution >= 4 is 23.2 Å². The number of fused-ring (bicyclic) bond motifs is 1. The second-order valence-electron chi connectivity index (χ2n) is 7.02. The van der Waals surface area contributed by atoms with Crippen LogP contribution in [0.15, 0.2) is 48.5 Å². The minimum absolute atomic E-state index is 0.105. The molecule has 1 N–H and O–H groups in total. The SMILES string of the molecule is CN1CCC2(CC1)Nc1ccccc1C(=O)N2Cc1ccc(Cl)cc1. The number of carbonyl (C=O) groups excluding carboxylic acids is 1. The molecule has 25 heavy (non-hydrogen) atoms. The van der Waals surface area contributed by atoms with Crippen LogP contribution in [0.5, 0.6) is 0 Å². The second-order valence-corrected chi connectivity index (χ2v) is 7.46. The standard InChI is InChI=1S/C20H22ClN3O/c1-23-12-10-20(11-13-23)22-18-5-3-2-4-17(18)19(25)24(20)14-15-6-8-16(21)9-7-15/h2-9,22H,10-14H2,1H3. The highest BCUT2D eigenvalue weighted by molar-refractivity contribution is 6.30. The number of rotatable bonds is 2. The van der Waals surface area contributed by atoms with Crippen LogP contribution in [0.25, 0.3) is 0 Å². The summed E-state index contributed by atoms with van der Waals surface area (Å²) in [6.07, 6.45) is 1.83. The fourth-order valence-electron chi connectivity index (χ4n) is 3.82. The highest BCUT2D eigenvalue weighted by Crippen LogP contribution is 2.38. The summed E-state index contributed by atoms with van der Waals surface area (Å²) < 4.78 is 0. The first-order chi connectivity index (χ1) is 12.1. The monoisotopic (exact) mass is 355 g/mol. The fraction of sp³-hybridized carbons (Fsp3) is 0.350. The Morgan fingerprint density at radius 3 is 2.48 bits per heavy atom. The maximum absolute atomic E-state index is 13.3. The van der Waals surface area contributed by atoms with Crippen LogP contribution in [-0.4, -0.2) is 41.5 Å². The molecule has 0 saturated carbocycles. The molecule has 1 fully saturated rings. The van der Waals surface area contributed by atoms with Gasteiger partial charge in [0.15, 0.2) is 0 Å². The van der Waals surface area contributed by atoms with Gasteiger partial charge in [-0.25, -0.2) is 0 Å². The largest absolute Gasteiger partial charge is 0.362 e. The minimum Gasteiger partial charge on any atom is -0.362 e. The van der Waals surface area contributed by atoms with Crippen LogP contribution < -0.4 is 5.32 Å². The molecule has 2 aliphatic rings. The van der Waals surface area contributed by atoms with Crippen molar-refractivity contribution in [2.45, 2.75) is 25.0 Å². The summed E-state index contributed by atoms with van der Waals surface area (Å²) in [7, 11) is 2.13. The van der Waals surface area contributed by atoms with Crippen molar-refractivity contribution in [2.75, 3.05) is 25.5 Å². The van der Waals surface area contributed by atoms with Gasteiger partial charge < -0.3 is 15.1 Å². The summed E-state index contributed by atoms with van der Waals surface area (Å²) in [5.74, 6) is 0.105. The molecule has 130 valence electrons. The number of anilines is 1. The molecule has 2 heterocycles. The van der Waals surface area contributed by atoms with Crippen LogP contribution in [0.4, 0.5) is 5.69 Å². The molecule has 0 atom stereocenters. The van der Waals surface area contributed by atoms with Gasteiger partial charge >= 0.3 is 0 Å². The van der Waals surface area contributed by atoms with E-state index < -0.39 is 0 Å². The molecular weight excluding hydrogens is 334 g/mol. The lowest BCUT2D eigenvalue weighted by atomic mass is 9.89. The topological polar surface area (TPSA) is 35.6 Å². The quantitative estimate of drug-likeness (QED) is 0.889. The van der Waals surface area contributed by atoms with Crippen molar-refractivity contribution in [3.63, 3.8) is 0 Å². The highest BCUT2D eigenvalue weighted by Gasteiger charge is 2.45. The maximum atomic E-state index is 13.3. The lowest BCUT2D eigenvalue weighted by molar-refractivity contribution is 0.0270. The van der Waals surface area contributed by atoms with Gasteiger partial charge in [-0.3, -0.25) is 4.79 Å². The van der Waals surface area contributed by atoms with E-state index in [0.29, 0.717) is 11.6 Å². The summed E-state index contributed by atoms with van der Waals surface area (Å²) in [5.41, 5.74) is 2.47. The Bertz CT molecular complexity index is 782. The Hall–Kier alpha value is -2.04. The number of likely N-dealkylation sites (tertiary alicyclic amines) is 1. The van der Waals surface area contributed by atoms with E-state index in [1.807, 2.05) is 53.4 Å². The van der Waals surface area contributed by atoms with Crippen LogP contribution in [0.2, 0.25) is 5.02 Å². The predicted octanol–water partition coefficient (Wildman–Crippen LogP) is 3.83. The first-order valence-electron chi connectivity index (χ1n) is 8.70. The smallest absolute Gasteiger partial charge is 0.258 e. The molecule has 0 radical (unpaired) electrons.